The van der Waals surface area contributed by atoms with Crippen LogP contribution in [0.4, 0.5) is 0 Å². The lowest BCUT2D eigenvalue weighted by atomic mass is 9.80. The fraction of sp³-hybridized carbons (Fsp3) is 1.00. The van der Waals surface area contributed by atoms with Crippen LogP contribution in [0.1, 0.15) is 53.4 Å². The fourth-order valence-corrected chi connectivity index (χ4v) is 2.25. The molecule has 0 amide bonds. The van der Waals surface area contributed by atoms with Gasteiger partial charge >= 0.3 is 0 Å². The molecular weight excluding hydrogens is 198 g/mol. The summed E-state index contributed by atoms with van der Waals surface area (Å²) in [6.07, 6.45) is 5.38. The first-order valence-electron chi connectivity index (χ1n) is 6.76. The van der Waals surface area contributed by atoms with Gasteiger partial charge in [-0.15, -0.1) is 0 Å². The molecule has 2 N–H and O–H groups in total. The Labute approximate surface area is 101 Å². The second-order valence-electron chi connectivity index (χ2n) is 6.38. The summed E-state index contributed by atoms with van der Waals surface area (Å²) in [5.74, 6) is 1.70. The second kappa shape index (κ2) is 6.02. The molecule has 0 aromatic rings. The van der Waals surface area contributed by atoms with E-state index in [1.165, 1.54) is 19.3 Å². The average molecular weight is 227 g/mol. The summed E-state index contributed by atoms with van der Waals surface area (Å²) >= 11 is 0. The minimum Gasteiger partial charge on any atom is -0.378 e. The lowest BCUT2D eigenvalue weighted by molar-refractivity contribution is -0.00769. The topological polar surface area (TPSA) is 35.2 Å². The highest BCUT2D eigenvalue weighted by atomic mass is 16.5. The molecular formula is C14H29NO. The first-order valence-corrected chi connectivity index (χ1v) is 6.76. The number of hydrogen-bond donors (Lipinski definition) is 1. The van der Waals surface area contributed by atoms with E-state index < -0.39 is 0 Å². The van der Waals surface area contributed by atoms with Crippen LogP contribution < -0.4 is 5.73 Å². The summed E-state index contributed by atoms with van der Waals surface area (Å²) in [7, 11) is 0. The van der Waals surface area contributed by atoms with Gasteiger partial charge in [-0.2, -0.15) is 0 Å². The summed E-state index contributed by atoms with van der Waals surface area (Å²) in [5, 5.41) is 0. The van der Waals surface area contributed by atoms with Crippen LogP contribution in [0.2, 0.25) is 0 Å². The van der Waals surface area contributed by atoms with Crippen molar-refractivity contribution in [1.82, 2.24) is 0 Å². The predicted molar refractivity (Wildman–Crippen MR) is 69.4 cm³/mol. The van der Waals surface area contributed by atoms with Crippen LogP contribution in [0.3, 0.4) is 0 Å². The Balaban J connectivity index is 2.19. The van der Waals surface area contributed by atoms with Gasteiger partial charge in [0.25, 0.3) is 0 Å². The molecule has 2 heteroatoms. The van der Waals surface area contributed by atoms with Crippen molar-refractivity contribution in [2.45, 2.75) is 59.5 Å². The molecule has 1 rings (SSSR count). The Kier molecular flexibility index (Phi) is 5.26. The highest BCUT2D eigenvalue weighted by Crippen LogP contribution is 2.31. The Hall–Kier alpha value is -0.0800. The lowest BCUT2D eigenvalue weighted by Crippen LogP contribution is -2.29. The van der Waals surface area contributed by atoms with Crippen molar-refractivity contribution in [2.75, 3.05) is 13.2 Å². The maximum absolute atomic E-state index is 5.98. The summed E-state index contributed by atoms with van der Waals surface area (Å²) in [6, 6.07) is 0. The first kappa shape index (κ1) is 14.0. The zero-order valence-electron chi connectivity index (χ0n) is 11.5. The SMILES string of the molecule is CC1CCC(OCCC(C)(C)CN)CC1C. The van der Waals surface area contributed by atoms with Gasteiger partial charge in [0.15, 0.2) is 0 Å². The summed E-state index contributed by atoms with van der Waals surface area (Å²) in [5.41, 5.74) is 5.94. The molecule has 16 heavy (non-hydrogen) atoms. The number of rotatable bonds is 5. The molecule has 0 bridgehead atoms. The van der Waals surface area contributed by atoms with Crippen LogP contribution in [0.15, 0.2) is 0 Å². The van der Waals surface area contributed by atoms with Crippen molar-refractivity contribution in [3.63, 3.8) is 0 Å². The molecule has 0 aliphatic heterocycles. The molecule has 0 radical (unpaired) electrons. The maximum atomic E-state index is 5.98. The number of nitrogens with two attached hydrogens (primary N) is 1. The molecule has 1 aliphatic carbocycles. The van der Waals surface area contributed by atoms with Crippen molar-refractivity contribution < 1.29 is 4.74 Å². The standard InChI is InChI=1S/C14H29NO/c1-11-5-6-13(9-12(11)2)16-8-7-14(3,4)10-15/h11-13H,5-10,15H2,1-4H3. The van der Waals surface area contributed by atoms with E-state index in [9.17, 15) is 0 Å². The van der Waals surface area contributed by atoms with Gasteiger partial charge in [0.1, 0.15) is 0 Å². The molecule has 3 atom stereocenters. The van der Waals surface area contributed by atoms with Gasteiger partial charge in [-0.3, -0.25) is 0 Å². The average Bonchev–Trinajstić information content (AvgIpc) is 2.23. The van der Waals surface area contributed by atoms with Crippen LogP contribution in [-0.4, -0.2) is 19.3 Å². The zero-order valence-corrected chi connectivity index (χ0v) is 11.5. The Morgan fingerprint density at radius 2 is 1.88 bits per heavy atom. The summed E-state index contributed by atoms with van der Waals surface area (Å²) in [4.78, 5) is 0. The molecule has 1 fully saturated rings. The Bertz CT molecular complexity index is 203. The minimum atomic E-state index is 0.230. The zero-order chi connectivity index (χ0) is 12.2. The highest BCUT2D eigenvalue weighted by Gasteiger charge is 2.25. The van der Waals surface area contributed by atoms with Gasteiger partial charge < -0.3 is 10.5 Å². The molecule has 0 aromatic heterocycles. The van der Waals surface area contributed by atoms with Gasteiger partial charge in [-0.1, -0.05) is 27.7 Å². The van der Waals surface area contributed by atoms with E-state index in [1.54, 1.807) is 0 Å². The molecule has 0 heterocycles. The molecule has 0 spiro atoms. The molecule has 1 aliphatic rings. The van der Waals surface area contributed by atoms with Crippen molar-refractivity contribution in [3.8, 4) is 0 Å². The van der Waals surface area contributed by atoms with Crippen LogP contribution in [0.25, 0.3) is 0 Å². The van der Waals surface area contributed by atoms with Crippen molar-refractivity contribution in [2.24, 2.45) is 23.0 Å². The number of hydrogen-bond acceptors (Lipinski definition) is 2. The monoisotopic (exact) mass is 227 g/mol. The normalized spacial score (nSPS) is 31.7. The summed E-state index contributed by atoms with van der Waals surface area (Å²) in [6.45, 7) is 10.7. The van der Waals surface area contributed by atoms with Gasteiger partial charge in [-0.25, -0.2) is 0 Å². The van der Waals surface area contributed by atoms with Crippen LogP contribution in [0, 0.1) is 17.3 Å². The van der Waals surface area contributed by atoms with Gasteiger partial charge in [0.2, 0.25) is 0 Å². The highest BCUT2D eigenvalue weighted by molar-refractivity contribution is 4.76. The van der Waals surface area contributed by atoms with Gasteiger partial charge in [0.05, 0.1) is 6.10 Å². The molecule has 0 saturated heterocycles. The Morgan fingerprint density at radius 3 is 2.44 bits per heavy atom. The van der Waals surface area contributed by atoms with Gasteiger partial charge in [-0.05, 0) is 49.5 Å². The molecule has 0 aromatic carbocycles. The van der Waals surface area contributed by atoms with Crippen LogP contribution in [0.5, 0.6) is 0 Å². The number of ether oxygens (including phenoxy) is 1. The molecule has 3 unspecified atom stereocenters. The quantitative estimate of drug-likeness (QED) is 0.783. The maximum Gasteiger partial charge on any atom is 0.0577 e. The Morgan fingerprint density at radius 1 is 1.19 bits per heavy atom. The fourth-order valence-electron chi connectivity index (χ4n) is 2.25. The molecule has 1 saturated carbocycles. The predicted octanol–water partition coefficient (Wildman–Crippen LogP) is 3.20. The van der Waals surface area contributed by atoms with E-state index in [4.69, 9.17) is 10.5 Å². The minimum absolute atomic E-state index is 0.230. The smallest absolute Gasteiger partial charge is 0.0577 e. The van der Waals surface area contributed by atoms with Crippen LogP contribution >= 0.6 is 0 Å². The van der Waals surface area contributed by atoms with E-state index in [2.05, 4.69) is 27.7 Å². The van der Waals surface area contributed by atoms with Crippen molar-refractivity contribution in [1.29, 1.82) is 0 Å². The van der Waals surface area contributed by atoms with E-state index in [1.807, 2.05) is 0 Å². The molecule has 2 nitrogen and oxygen atoms in total. The largest absolute Gasteiger partial charge is 0.378 e. The van der Waals surface area contributed by atoms with E-state index >= 15 is 0 Å². The second-order valence-corrected chi connectivity index (χ2v) is 6.38. The third-order valence-electron chi connectivity index (χ3n) is 4.24. The third kappa shape index (κ3) is 4.42. The van der Waals surface area contributed by atoms with Crippen molar-refractivity contribution >= 4 is 0 Å². The lowest BCUT2D eigenvalue weighted by Gasteiger charge is -2.32. The van der Waals surface area contributed by atoms with Crippen LogP contribution in [-0.2, 0) is 4.74 Å². The third-order valence-corrected chi connectivity index (χ3v) is 4.24. The van der Waals surface area contributed by atoms with E-state index in [-0.39, 0.29) is 5.41 Å². The first-order chi connectivity index (χ1) is 7.44. The summed E-state index contributed by atoms with van der Waals surface area (Å²) < 4.78 is 5.98. The molecule has 96 valence electrons. The van der Waals surface area contributed by atoms with Crippen molar-refractivity contribution in [3.05, 3.63) is 0 Å². The van der Waals surface area contributed by atoms with E-state index in [0.717, 1.165) is 31.4 Å². The van der Waals surface area contributed by atoms with Gasteiger partial charge in [0, 0.05) is 6.61 Å². The van der Waals surface area contributed by atoms with E-state index in [0.29, 0.717) is 6.10 Å².